The number of likely N-dealkylation sites (N-methyl/N-ethyl adjacent to an activating group) is 1. The minimum atomic E-state index is -0.125. The van der Waals surface area contributed by atoms with Gasteiger partial charge in [0.25, 0.3) is 0 Å². The second-order valence-electron chi connectivity index (χ2n) is 2.36. The fraction of sp³-hybridized carbons (Fsp3) is 1.00. The molecule has 0 bridgehead atoms. The van der Waals surface area contributed by atoms with Gasteiger partial charge >= 0.3 is 21.2 Å². The van der Waals surface area contributed by atoms with Crippen molar-refractivity contribution >= 4 is 0 Å². The van der Waals surface area contributed by atoms with Crippen molar-refractivity contribution < 1.29 is 63.0 Å². The summed E-state index contributed by atoms with van der Waals surface area (Å²) in [6.45, 7) is 2.47. The molecule has 1 fully saturated rings. The molecular weight excluding hydrogens is 392 g/mol. The Morgan fingerprint density at radius 2 is 1.33 bits per heavy atom. The van der Waals surface area contributed by atoms with Crippen molar-refractivity contribution in [2.75, 3.05) is 33.4 Å². The molecule has 0 saturated carbocycles. The molecule has 0 atom stereocenters. The van der Waals surface area contributed by atoms with Crippen LogP contribution >= 0.6 is 0 Å². The van der Waals surface area contributed by atoms with Gasteiger partial charge in [-0.3, -0.25) is 10.5 Å². The van der Waals surface area contributed by atoms with E-state index in [-0.39, 0.29) is 47.8 Å². The molecule has 0 aromatic rings. The number of ether oxygens (including phenoxy) is 1. The normalized spacial score (nSPS) is 15.2. The number of rotatable bonds is 0. The van der Waals surface area contributed by atoms with Crippen LogP contribution in [0.3, 0.4) is 0 Å². The molecule has 0 aliphatic carbocycles. The van der Waals surface area contributed by atoms with Gasteiger partial charge in [0.1, 0.15) is 13.1 Å². The first-order valence-corrected chi connectivity index (χ1v) is 3.04. The number of hydrogen-bond acceptors (Lipinski definition) is 4. The minimum Gasteiger partial charge on any atom is -2.00 e. The zero-order valence-electron chi connectivity index (χ0n) is 8.97. The van der Waals surface area contributed by atoms with Gasteiger partial charge in [0.05, 0.1) is 20.3 Å². The predicted octanol–water partition coefficient (Wildman–Crippen LogP) is -0.387. The van der Waals surface area contributed by atoms with Gasteiger partial charge in [0, 0.05) is 0 Å². The maximum Gasteiger partial charge on any atom is 4.00 e. The monoisotopic (exact) mass is 408 g/mol. The standard InChI is InChI=1S/C5H11NO2.H2O2.4O.Os/c1-6(7)2-4-8-5-3-6;1-2;;;;;/h2-5H2,1H3;1-2H;;;;;/q;;4*-2;+4/p+1. The van der Waals surface area contributed by atoms with E-state index in [4.69, 9.17) is 15.3 Å². The summed E-state index contributed by atoms with van der Waals surface area (Å²) in [4.78, 5) is 0. The van der Waals surface area contributed by atoms with Crippen LogP contribution in [0.25, 0.3) is 0 Å². The molecule has 9 nitrogen and oxygen atoms in total. The summed E-state index contributed by atoms with van der Waals surface area (Å²) in [6, 6.07) is 0. The summed E-state index contributed by atoms with van der Waals surface area (Å²) in [6.07, 6.45) is 0. The number of nitrogens with zero attached hydrogens (tertiary/aromatic N) is 1. The van der Waals surface area contributed by atoms with Crippen molar-refractivity contribution in [3.63, 3.8) is 0 Å². The van der Waals surface area contributed by atoms with E-state index in [1.807, 2.05) is 0 Å². The molecule has 0 amide bonds. The second kappa shape index (κ2) is 19.8. The summed E-state index contributed by atoms with van der Waals surface area (Å²) in [5, 5.41) is 23.0. The van der Waals surface area contributed by atoms with E-state index >= 15 is 0 Å². The van der Waals surface area contributed by atoms with Crippen LogP contribution in [-0.2, 0) is 46.4 Å². The molecular formula is C5H14NO8Os-3. The van der Waals surface area contributed by atoms with Crippen molar-refractivity contribution in [1.29, 1.82) is 0 Å². The van der Waals surface area contributed by atoms with Crippen LogP contribution in [0.15, 0.2) is 0 Å². The maximum atomic E-state index is 11.0. The van der Waals surface area contributed by atoms with Crippen LogP contribution in [-0.4, -0.2) is 48.5 Å². The first kappa shape index (κ1) is 36.2. The predicted molar refractivity (Wildman–Crippen MR) is 39.2 cm³/mol. The quantitative estimate of drug-likeness (QED) is 0.240. The van der Waals surface area contributed by atoms with Crippen molar-refractivity contribution in [2.45, 2.75) is 0 Å². The van der Waals surface area contributed by atoms with Gasteiger partial charge in [-0.25, -0.2) is 0 Å². The first-order valence-electron chi connectivity index (χ1n) is 3.04. The first-order chi connectivity index (χ1) is 4.71. The molecule has 1 aliphatic rings. The number of morpholine rings is 1. The Kier molecular flexibility index (Phi) is 47.7. The number of hydrogen-bond donors (Lipinski definition) is 2. The molecule has 0 unspecified atom stereocenters. The van der Waals surface area contributed by atoms with E-state index in [9.17, 15) is 5.21 Å². The van der Waals surface area contributed by atoms with E-state index in [2.05, 4.69) is 0 Å². The fourth-order valence-electron chi connectivity index (χ4n) is 0.729. The van der Waals surface area contributed by atoms with E-state index in [0.717, 1.165) is 0 Å². The number of hydroxylamine groups is 3. The molecule has 1 saturated heterocycles. The Balaban J connectivity index is -0.0000000193. The van der Waals surface area contributed by atoms with Crippen molar-refractivity contribution in [1.82, 2.24) is 0 Å². The van der Waals surface area contributed by atoms with Gasteiger partial charge in [0.15, 0.2) is 0 Å². The summed E-state index contributed by atoms with van der Waals surface area (Å²) < 4.78 is 4.86. The summed E-state index contributed by atoms with van der Waals surface area (Å²) in [5.41, 5.74) is 0. The van der Waals surface area contributed by atoms with E-state index in [1.54, 1.807) is 7.05 Å². The molecule has 0 spiro atoms. The molecule has 10 heteroatoms. The fourth-order valence-corrected chi connectivity index (χ4v) is 0.729. The Morgan fingerprint density at radius 1 is 1.07 bits per heavy atom. The van der Waals surface area contributed by atoms with Crippen LogP contribution in [0.2, 0.25) is 0 Å². The van der Waals surface area contributed by atoms with Crippen LogP contribution in [0.1, 0.15) is 1.43 Å². The largest absolute Gasteiger partial charge is 4.00 e. The number of quaternary nitrogens is 1. The third kappa shape index (κ3) is 20.4. The van der Waals surface area contributed by atoms with Gasteiger partial charge in [-0.15, -0.1) is 0 Å². The van der Waals surface area contributed by atoms with E-state index in [0.29, 0.717) is 26.3 Å². The minimum absolute atomic E-state index is 0. The third-order valence-corrected chi connectivity index (χ3v) is 1.42. The molecule has 0 aromatic carbocycles. The van der Waals surface area contributed by atoms with Crippen LogP contribution < -0.4 is 0 Å². The Morgan fingerprint density at radius 3 is 1.47 bits per heavy atom. The Bertz CT molecular complexity index is 92.5. The smallest absolute Gasteiger partial charge is 2.00 e. The zero-order valence-corrected chi connectivity index (χ0v) is 10.5. The molecule has 1 heterocycles. The van der Waals surface area contributed by atoms with Crippen molar-refractivity contribution in [3.8, 4) is 0 Å². The third-order valence-electron chi connectivity index (χ3n) is 1.42. The summed E-state index contributed by atoms with van der Waals surface area (Å²) >= 11 is 0. The van der Waals surface area contributed by atoms with Gasteiger partial charge in [0.2, 0.25) is 0 Å². The summed E-state index contributed by atoms with van der Waals surface area (Å²) in [5.74, 6) is 0. The molecule has 0 radical (unpaired) electrons. The van der Waals surface area contributed by atoms with Crippen LogP contribution in [0.5, 0.6) is 0 Å². The van der Waals surface area contributed by atoms with Gasteiger partial charge in [-0.05, 0) is 0 Å². The topological polar surface area (TPSA) is 187 Å². The van der Waals surface area contributed by atoms with Crippen LogP contribution in [0, 0.1) is 5.21 Å². The molecule has 98 valence electrons. The van der Waals surface area contributed by atoms with Crippen molar-refractivity contribution in [3.05, 3.63) is 5.21 Å². The molecule has 15 heavy (non-hydrogen) atoms. The van der Waals surface area contributed by atoms with Crippen LogP contribution in [0.4, 0.5) is 0 Å². The van der Waals surface area contributed by atoms with Crippen molar-refractivity contribution in [2.24, 2.45) is 0 Å². The molecule has 2 N–H and O–H groups in total. The van der Waals surface area contributed by atoms with Gasteiger partial charge in [-0.2, -0.15) is 0 Å². The van der Waals surface area contributed by atoms with Gasteiger partial charge in [-0.1, -0.05) is 0 Å². The molecule has 1 aliphatic heterocycles. The van der Waals surface area contributed by atoms with E-state index < -0.39 is 0 Å². The average molecular weight is 406 g/mol. The summed E-state index contributed by atoms with van der Waals surface area (Å²) in [7, 11) is 1.68. The SMILES string of the molecule is C[N+]1([O-])CCOCC1.OO.[H+].[O-2].[O-2].[O-2].[O-2].[Os+4]. The molecule has 0 aromatic heterocycles. The van der Waals surface area contributed by atoms with E-state index in [1.165, 1.54) is 0 Å². The maximum absolute atomic E-state index is 11.0. The Hall–Kier alpha value is 0.276. The zero-order chi connectivity index (χ0) is 8.04. The average Bonchev–Trinajstić information content (AvgIpc) is 1.92. The van der Waals surface area contributed by atoms with Gasteiger partial charge < -0.3 is 36.5 Å². The molecule has 1 rings (SSSR count). The second-order valence-corrected chi connectivity index (χ2v) is 2.36. The Labute approximate surface area is 102 Å².